The lowest BCUT2D eigenvalue weighted by Gasteiger charge is -2.22. The van der Waals surface area contributed by atoms with E-state index in [9.17, 15) is 14.4 Å². The van der Waals surface area contributed by atoms with Gasteiger partial charge in [-0.25, -0.2) is 9.48 Å². The highest BCUT2D eigenvalue weighted by Gasteiger charge is 2.28. The number of ether oxygens (including phenoxy) is 1. The molecule has 32 heavy (non-hydrogen) atoms. The molecule has 3 rings (SSSR count). The van der Waals surface area contributed by atoms with Crippen molar-refractivity contribution < 1.29 is 19.1 Å². The van der Waals surface area contributed by atoms with Crippen LogP contribution in [0.25, 0.3) is 0 Å². The second kappa shape index (κ2) is 11.1. The first-order chi connectivity index (χ1) is 15.4. The number of anilines is 1. The summed E-state index contributed by atoms with van der Waals surface area (Å²) in [5.74, 6) is -1.10. The Morgan fingerprint density at radius 2 is 1.88 bits per heavy atom. The largest absolute Gasteiger partial charge is 0.454 e. The number of nitrogens with zero attached hydrogens (tertiary/aromatic N) is 2. The number of carbonyl (C=O) groups excluding carboxylic acids is 3. The molecule has 0 aliphatic heterocycles. The molecule has 0 bridgehead atoms. The quantitative estimate of drug-likeness (QED) is 0.551. The van der Waals surface area contributed by atoms with Crippen molar-refractivity contribution in [1.29, 1.82) is 0 Å². The molecule has 8 nitrogen and oxygen atoms in total. The summed E-state index contributed by atoms with van der Waals surface area (Å²) >= 11 is 5.86. The smallest absolute Gasteiger partial charge is 0.329 e. The topological polar surface area (TPSA) is 102 Å². The minimum atomic E-state index is -0.875. The van der Waals surface area contributed by atoms with Gasteiger partial charge in [0, 0.05) is 16.7 Å². The maximum absolute atomic E-state index is 12.7. The van der Waals surface area contributed by atoms with Gasteiger partial charge in [-0.3, -0.25) is 9.59 Å². The Bertz CT molecular complexity index is 938. The minimum absolute atomic E-state index is 0.175. The fourth-order valence-electron chi connectivity index (χ4n) is 3.75. The molecule has 0 unspecified atom stereocenters. The molecular formula is C23H29ClN4O4. The number of rotatable bonds is 9. The van der Waals surface area contributed by atoms with Crippen molar-refractivity contribution in [2.24, 2.45) is 5.92 Å². The van der Waals surface area contributed by atoms with Gasteiger partial charge in [0.25, 0.3) is 11.8 Å². The highest BCUT2D eigenvalue weighted by atomic mass is 35.5. The average Bonchev–Trinajstić information content (AvgIpc) is 3.47. The van der Waals surface area contributed by atoms with E-state index in [1.54, 1.807) is 36.5 Å². The molecule has 9 heteroatoms. The fraction of sp³-hybridized carbons (Fsp3) is 0.478. The SMILES string of the molecule is CC[C@H](C)[C@H](NC(=O)c1ccc(Cl)cc1)C(=O)OCC(=O)Nc1ccnn1C1CCCC1. The second-order valence-electron chi connectivity index (χ2n) is 8.10. The van der Waals surface area contributed by atoms with Crippen molar-refractivity contribution in [3.05, 3.63) is 47.1 Å². The van der Waals surface area contributed by atoms with Crippen LogP contribution >= 0.6 is 11.6 Å². The van der Waals surface area contributed by atoms with E-state index in [1.807, 2.05) is 18.5 Å². The van der Waals surface area contributed by atoms with Crippen molar-refractivity contribution >= 4 is 35.2 Å². The van der Waals surface area contributed by atoms with E-state index in [4.69, 9.17) is 16.3 Å². The molecule has 2 aromatic rings. The monoisotopic (exact) mass is 460 g/mol. The highest BCUT2D eigenvalue weighted by molar-refractivity contribution is 6.30. The summed E-state index contributed by atoms with van der Waals surface area (Å²) in [6, 6.07) is 7.50. The fourth-order valence-corrected chi connectivity index (χ4v) is 3.88. The van der Waals surface area contributed by atoms with Gasteiger partial charge in [0.05, 0.1) is 12.2 Å². The number of amides is 2. The molecule has 1 aromatic carbocycles. The number of hydrogen-bond acceptors (Lipinski definition) is 5. The summed E-state index contributed by atoms with van der Waals surface area (Å²) in [6.45, 7) is 3.31. The third-order valence-corrected chi connectivity index (χ3v) is 6.07. The summed E-state index contributed by atoms with van der Waals surface area (Å²) in [4.78, 5) is 37.6. The van der Waals surface area contributed by atoms with Crippen LogP contribution in [0.2, 0.25) is 5.02 Å². The number of esters is 1. The van der Waals surface area contributed by atoms with E-state index in [-0.39, 0.29) is 12.0 Å². The zero-order valence-electron chi connectivity index (χ0n) is 18.3. The van der Waals surface area contributed by atoms with Crippen molar-refractivity contribution in [2.45, 2.75) is 58.0 Å². The first kappa shape index (κ1) is 23.8. The summed E-state index contributed by atoms with van der Waals surface area (Å²) in [7, 11) is 0. The molecule has 1 aliphatic carbocycles. The van der Waals surface area contributed by atoms with Crippen molar-refractivity contribution in [1.82, 2.24) is 15.1 Å². The number of aromatic nitrogens is 2. The molecule has 1 saturated carbocycles. The Morgan fingerprint density at radius 1 is 1.19 bits per heavy atom. The Balaban J connectivity index is 1.56. The van der Waals surface area contributed by atoms with Crippen LogP contribution < -0.4 is 10.6 Å². The molecule has 2 N–H and O–H groups in total. The van der Waals surface area contributed by atoms with Crippen LogP contribution in [0.1, 0.15) is 62.4 Å². The summed E-state index contributed by atoms with van der Waals surface area (Å²) in [5, 5.41) is 10.3. The second-order valence-corrected chi connectivity index (χ2v) is 8.54. The number of hydrogen-bond donors (Lipinski definition) is 2. The van der Waals surface area contributed by atoms with E-state index >= 15 is 0 Å². The van der Waals surface area contributed by atoms with Crippen molar-refractivity contribution in [2.75, 3.05) is 11.9 Å². The first-order valence-corrected chi connectivity index (χ1v) is 11.3. The highest BCUT2D eigenvalue weighted by Crippen LogP contribution is 2.31. The first-order valence-electron chi connectivity index (χ1n) is 11.0. The zero-order valence-corrected chi connectivity index (χ0v) is 19.1. The zero-order chi connectivity index (χ0) is 23.1. The van der Waals surface area contributed by atoms with Gasteiger partial charge in [0.2, 0.25) is 0 Å². The van der Waals surface area contributed by atoms with Crippen LogP contribution in [0, 0.1) is 5.92 Å². The van der Waals surface area contributed by atoms with E-state index in [0.717, 1.165) is 25.7 Å². The minimum Gasteiger partial charge on any atom is -0.454 e. The molecule has 2 atom stereocenters. The lowest BCUT2D eigenvalue weighted by molar-refractivity contribution is -0.150. The van der Waals surface area contributed by atoms with Crippen LogP contribution in [0.5, 0.6) is 0 Å². The third-order valence-electron chi connectivity index (χ3n) is 5.81. The summed E-state index contributed by atoms with van der Waals surface area (Å²) < 4.78 is 7.06. The van der Waals surface area contributed by atoms with Gasteiger partial charge in [-0.05, 0) is 43.0 Å². The number of halogens is 1. The van der Waals surface area contributed by atoms with Crippen LogP contribution in [-0.2, 0) is 14.3 Å². The maximum atomic E-state index is 12.7. The molecule has 1 heterocycles. The molecule has 0 radical (unpaired) electrons. The Labute approximate surface area is 192 Å². The van der Waals surface area contributed by atoms with Crippen LogP contribution in [0.4, 0.5) is 5.82 Å². The Kier molecular flexibility index (Phi) is 8.27. The predicted octanol–water partition coefficient (Wildman–Crippen LogP) is 3.98. The predicted molar refractivity (Wildman–Crippen MR) is 121 cm³/mol. The lowest BCUT2D eigenvalue weighted by Crippen LogP contribution is -2.46. The molecule has 1 aliphatic rings. The van der Waals surface area contributed by atoms with Crippen molar-refractivity contribution in [3.8, 4) is 0 Å². The van der Waals surface area contributed by atoms with Gasteiger partial charge in [-0.15, -0.1) is 0 Å². The van der Waals surface area contributed by atoms with Gasteiger partial charge in [0.1, 0.15) is 11.9 Å². The molecule has 1 aromatic heterocycles. The molecule has 2 amide bonds. The summed E-state index contributed by atoms with van der Waals surface area (Å²) in [5.41, 5.74) is 0.383. The third kappa shape index (κ3) is 6.09. The standard InChI is InChI=1S/C23H29ClN4O4/c1-3-15(2)21(27-22(30)16-8-10-17(24)11-9-16)23(31)32-14-20(29)26-19-12-13-25-28(19)18-6-4-5-7-18/h8-13,15,18,21H,3-7,14H2,1-2H3,(H,26,29)(H,27,30)/t15-,21-/m0/s1. The van der Waals surface area contributed by atoms with Gasteiger partial charge < -0.3 is 15.4 Å². The van der Waals surface area contributed by atoms with Gasteiger partial charge in [-0.1, -0.05) is 44.7 Å². The van der Waals surface area contributed by atoms with Crippen LogP contribution in [0.15, 0.2) is 36.5 Å². The van der Waals surface area contributed by atoms with Crippen LogP contribution in [0.3, 0.4) is 0 Å². The number of benzene rings is 1. The van der Waals surface area contributed by atoms with Crippen LogP contribution in [-0.4, -0.2) is 40.2 Å². The van der Waals surface area contributed by atoms with E-state index in [2.05, 4.69) is 15.7 Å². The number of carbonyl (C=O) groups is 3. The molecule has 172 valence electrons. The summed E-state index contributed by atoms with van der Waals surface area (Å²) in [6.07, 6.45) is 6.65. The van der Waals surface area contributed by atoms with E-state index < -0.39 is 30.4 Å². The molecule has 0 saturated heterocycles. The van der Waals surface area contributed by atoms with E-state index in [1.165, 1.54) is 0 Å². The van der Waals surface area contributed by atoms with E-state index in [0.29, 0.717) is 22.8 Å². The molecule has 1 fully saturated rings. The normalized spacial score (nSPS) is 15.7. The Morgan fingerprint density at radius 3 is 2.53 bits per heavy atom. The maximum Gasteiger partial charge on any atom is 0.329 e. The van der Waals surface area contributed by atoms with Gasteiger partial charge in [0.15, 0.2) is 6.61 Å². The molecular weight excluding hydrogens is 432 g/mol. The molecule has 0 spiro atoms. The lowest BCUT2D eigenvalue weighted by atomic mass is 9.99. The van der Waals surface area contributed by atoms with Crippen molar-refractivity contribution in [3.63, 3.8) is 0 Å². The van der Waals surface area contributed by atoms with Gasteiger partial charge >= 0.3 is 5.97 Å². The Hall–Kier alpha value is -2.87. The van der Waals surface area contributed by atoms with Gasteiger partial charge in [-0.2, -0.15) is 5.10 Å². The number of nitrogens with one attached hydrogen (secondary N) is 2. The average molecular weight is 461 g/mol.